The molecule has 2 rings (SSSR count). The second-order valence-electron chi connectivity index (χ2n) is 3.28. The zero-order chi connectivity index (χ0) is 10.8. The van der Waals surface area contributed by atoms with E-state index in [1.807, 2.05) is 25.3 Å². The van der Waals surface area contributed by atoms with Gasteiger partial charge in [-0.1, -0.05) is 0 Å². The van der Waals surface area contributed by atoms with Crippen LogP contribution in [0.1, 0.15) is 26.5 Å². The van der Waals surface area contributed by atoms with Gasteiger partial charge in [-0.25, -0.2) is 9.97 Å². The van der Waals surface area contributed by atoms with Gasteiger partial charge in [0.15, 0.2) is 0 Å². The third-order valence-electron chi connectivity index (χ3n) is 2.22. The van der Waals surface area contributed by atoms with Crippen molar-refractivity contribution < 1.29 is 4.79 Å². The molecule has 0 spiro atoms. The number of hydrogen-bond donors (Lipinski definition) is 0. The molecule has 0 aliphatic rings. The summed E-state index contributed by atoms with van der Waals surface area (Å²) in [6, 6.07) is 1.94. The predicted molar refractivity (Wildman–Crippen MR) is 59.3 cm³/mol. The predicted octanol–water partition coefficient (Wildman–Crippen LogP) is 2.39. The number of carbonyl (C=O) groups is 1. The van der Waals surface area contributed by atoms with Crippen LogP contribution in [0.15, 0.2) is 24.0 Å². The van der Waals surface area contributed by atoms with Crippen LogP contribution in [0.5, 0.6) is 0 Å². The first-order valence-electron chi connectivity index (χ1n) is 4.55. The molecule has 15 heavy (non-hydrogen) atoms. The van der Waals surface area contributed by atoms with Crippen LogP contribution in [0.25, 0.3) is 0 Å². The standard InChI is InChI=1S/C11H10N2OS/c1-7-3-4-15-11(7)10(14)9-5-12-6-13-8(9)2/h3-6H,1-2H3. The highest BCUT2D eigenvalue weighted by Gasteiger charge is 2.15. The molecular weight excluding hydrogens is 208 g/mol. The van der Waals surface area contributed by atoms with E-state index in [0.717, 1.165) is 16.1 Å². The van der Waals surface area contributed by atoms with E-state index in [1.165, 1.54) is 17.7 Å². The number of rotatable bonds is 2. The van der Waals surface area contributed by atoms with E-state index in [1.54, 1.807) is 6.20 Å². The minimum atomic E-state index is 0.0144. The molecule has 0 bridgehead atoms. The van der Waals surface area contributed by atoms with Gasteiger partial charge in [0.1, 0.15) is 6.33 Å². The summed E-state index contributed by atoms with van der Waals surface area (Å²) >= 11 is 1.46. The molecule has 0 aliphatic heterocycles. The van der Waals surface area contributed by atoms with Gasteiger partial charge in [-0.15, -0.1) is 11.3 Å². The molecule has 3 nitrogen and oxygen atoms in total. The van der Waals surface area contributed by atoms with Gasteiger partial charge in [0.2, 0.25) is 5.78 Å². The minimum Gasteiger partial charge on any atom is -0.288 e. The van der Waals surface area contributed by atoms with Crippen LogP contribution in [0, 0.1) is 13.8 Å². The number of ketones is 1. The topological polar surface area (TPSA) is 42.9 Å². The zero-order valence-electron chi connectivity index (χ0n) is 8.52. The third-order valence-corrected chi connectivity index (χ3v) is 3.24. The Morgan fingerprint density at radius 2 is 2.20 bits per heavy atom. The van der Waals surface area contributed by atoms with E-state index in [2.05, 4.69) is 9.97 Å². The number of aryl methyl sites for hydroxylation is 2. The first kappa shape index (κ1) is 9.98. The van der Waals surface area contributed by atoms with Crippen molar-refractivity contribution in [1.82, 2.24) is 9.97 Å². The minimum absolute atomic E-state index is 0.0144. The van der Waals surface area contributed by atoms with Crippen LogP contribution >= 0.6 is 11.3 Å². The van der Waals surface area contributed by atoms with Gasteiger partial charge in [-0.05, 0) is 30.9 Å². The molecule has 0 atom stereocenters. The summed E-state index contributed by atoms with van der Waals surface area (Å²) in [5.74, 6) is 0.0144. The quantitative estimate of drug-likeness (QED) is 0.727. The normalized spacial score (nSPS) is 10.3. The molecule has 0 fully saturated rings. The van der Waals surface area contributed by atoms with E-state index < -0.39 is 0 Å². The molecule has 76 valence electrons. The Morgan fingerprint density at radius 3 is 2.80 bits per heavy atom. The fraction of sp³-hybridized carbons (Fsp3) is 0.182. The van der Waals surface area contributed by atoms with Crippen LogP contribution in [0.4, 0.5) is 0 Å². The SMILES string of the molecule is Cc1ccsc1C(=O)c1cncnc1C. The van der Waals surface area contributed by atoms with Gasteiger partial charge >= 0.3 is 0 Å². The fourth-order valence-electron chi connectivity index (χ4n) is 1.34. The highest BCUT2D eigenvalue weighted by Crippen LogP contribution is 2.20. The summed E-state index contributed by atoms with van der Waals surface area (Å²) in [5.41, 5.74) is 2.32. The van der Waals surface area contributed by atoms with Crippen molar-refractivity contribution in [3.05, 3.63) is 45.7 Å². The summed E-state index contributed by atoms with van der Waals surface area (Å²) in [5, 5.41) is 1.92. The van der Waals surface area contributed by atoms with Crippen molar-refractivity contribution >= 4 is 17.1 Å². The molecule has 0 amide bonds. The van der Waals surface area contributed by atoms with Crippen molar-refractivity contribution in [2.45, 2.75) is 13.8 Å². The summed E-state index contributed by atoms with van der Waals surface area (Å²) < 4.78 is 0. The van der Waals surface area contributed by atoms with Crippen molar-refractivity contribution in [3.8, 4) is 0 Å². The average molecular weight is 218 g/mol. The number of aromatic nitrogens is 2. The van der Waals surface area contributed by atoms with Crippen LogP contribution in [-0.2, 0) is 0 Å². The molecule has 0 saturated carbocycles. The zero-order valence-corrected chi connectivity index (χ0v) is 9.34. The first-order valence-corrected chi connectivity index (χ1v) is 5.43. The average Bonchev–Trinajstić information content (AvgIpc) is 2.64. The maximum atomic E-state index is 12.1. The van der Waals surface area contributed by atoms with Crippen molar-refractivity contribution in [2.75, 3.05) is 0 Å². The van der Waals surface area contributed by atoms with Crippen molar-refractivity contribution in [2.24, 2.45) is 0 Å². The lowest BCUT2D eigenvalue weighted by Crippen LogP contribution is -2.05. The van der Waals surface area contributed by atoms with E-state index in [4.69, 9.17) is 0 Å². The van der Waals surface area contributed by atoms with E-state index in [0.29, 0.717) is 5.56 Å². The molecule has 0 saturated heterocycles. The van der Waals surface area contributed by atoms with Crippen molar-refractivity contribution in [1.29, 1.82) is 0 Å². The molecule has 4 heteroatoms. The van der Waals surface area contributed by atoms with Gasteiger partial charge < -0.3 is 0 Å². The Morgan fingerprint density at radius 1 is 1.40 bits per heavy atom. The lowest BCUT2D eigenvalue weighted by Gasteiger charge is -2.01. The van der Waals surface area contributed by atoms with Crippen LogP contribution in [0.2, 0.25) is 0 Å². The maximum Gasteiger partial charge on any atom is 0.206 e. The van der Waals surface area contributed by atoms with Gasteiger partial charge in [0, 0.05) is 6.20 Å². The Kier molecular flexibility index (Phi) is 2.60. The summed E-state index contributed by atoms with van der Waals surface area (Å²) in [6.45, 7) is 3.75. The fourth-order valence-corrected chi connectivity index (χ4v) is 2.22. The van der Waals surface area contributed by atoms with E-state index in [-0.39, 0.29) is 5.78 Å². The maximum absolute atomic E-state index is 12.1. The molecule has 2 heterocycles. The first-order chi connectivity index (χ1) is 7.20. The molecular formula is C11H10N2OS. The Bertz CT molecular complexity index is 505. The summed E-state index contributed by atoms with van der Waals surface area (Å²) in [4.78, 5) is 20.7. The van der Waals surface area contributed by atoms with E-state index in [9.17, 15) is 4.79 Å². The number of hydrogen-bond acceptors (Lipinski definition) is 4. The van der Waals surface area contributed by atoms with Crippen molar-refractivity contribution in [3.63, 3.8) is 0 Å². The third kappa shape index (κ3) is 1.80. The molecule has 0 aromatic carbocycles. The summed E-state index contributed by atoms with van der Waals surface area (Å²) in [7, 11) is 0. The molecule has 0 aliphatic carbocycles. The molecule has 2 aromatic heterocycles. The van der Waals surface area contributed by atoms with E-state index >= 15 is 0 Å². The second-order valence-corrected chi connectivity index (χ2v) is 4.20. The summed E-state index contributed by atoms with van der Waals surface area (Å²) in [6.07, 6.45) is 3.03. The lowest BCUT2D eigenvalue weighted by atomic mass is 10.1. The number of nitrogens with zero attached hydrogens (tertiary/aromatic N) is 2. The Balaban J connectivity index is 2.46. The van der Waals surface area contributed by atoms with Gasteiger partial charge in [0.25, 0.3) is 0 Å². The smallest absolute Gasteiger partial charge is 0.206 e. The van der Waals surface area contributed by atoms with Crippen LogP contribution < -0.4 is 0 Å². The second kappa shape index (κ2) is 3.90. The Hall–Kier alpha value is -1.55. The van der Waals surface area contributed by atoms with Gasteiger partial charge in [-0.3, -0.25) is 4.79 Å². The van der Waals surface area contributed by atoms with Crippen LogP contribution in [0.3, 0.4) is 0 Å². The number of carbonyl (C=O) groups excluding carboxylic acids is 1. The van der Waals surface area contributed by atoms with Gasteiger partial charge in [0.05, 0.1) is 16.1 Å². The lowest BCUT2D eigenvalue weighted by molar-refractivity contribution is 0.104. The van der Waals surface area contributed by atoms with Crippen LogP contribution in [-0.4, -0.2) is 15.8 Å². The largest absolute Gasteiger partial charge is 0.288 e. The molecule has 2 aromatic rings. The molecule has 0 N–H and O–H groups in total. The molecule has 0 radical (unpaired) electrons. The Labute approximate surface area is 91.8 Å². The highest BCUT2D eigenvalue weighted by atomic mass is 32.1. The number of thiophene rings is 1. The monoisotopic (exact) mass is 218 g/mol. The highest BCUT2D eigenvalue weighted by molar-refractivity contribution is 7.12. The molecule has 0 unspecified atom stereocenters. The van der Waals surface area contributed by atoms with Gasteiger partial charge in [-0.2, -0.15) is 0 Å².